The largest absolute Gasteiger partial charge is 0.396 e. The van der Waals surface area contributed by atoms with Crippen LogP contribution in [0.3, 0.4) is 0 Å². The van der Waals surface area contributed by atoms with Crippen LogP contribution < -0.4 is 0 Å². The van der Waals surface area contributed by atoms with Crippen molar-refractivity contribution in [3.8, 4) is 0 Å². The molecule has 0 saturated heterocycles. The molecule has 0 heterocycles. The third-order valence-electron chi connectivity index (χ3n) is 1.90. The summed E-state index contributed by atoms with van der Waals surface area (Å²) < 4.78 is -1.96. The van der Waals surface area contributed by atoms with Crippen molar-refractivity contribution in [2.24, 2.45) is 0 Å². The second kappa shape index (κ2) is 5.01. The van der Waals surface area contributed by atoms with Crippen LogP contribution in [0.5, 0.6) is 0 Å². The van der Waals surface area contributed by atoms with Crippen LogP contribution in [0.15, 0.2) is 0 Å². The number of rotatable bonds is 4. The SMILES string of the molecule is CC(O)C(O)(CCCO)C(Cl)(Cl)Cl. The van der Waals surface area contributed by atoms with Gasteiger partial charge in [0.2, 0.25) is 3.79 Å². The molecule has 80 valence electrons. The summed E-state index contributed by atoms with van der Waals surface area (Å²) in [5.74, 6) is 0. The number of halogens is 3. The Hall–Kier alpha value is 0.750. The lowest BCUT2D eigenvalue weighted by atomic mass is 9.94. The molecule has 0 aromatic rings. The first-order chi connectivity index (χ1) is 5.75. The monoisotopic (exact) mass is 250 g/mol. The lowest BCUT2D eigenvalue weighted by Gasteiger charge is -2.37. The fourth-order valence-electron chi connectivity index (χ4n) is 0.936. The summed E-state index contributed by atoms with van der Waals surface area (Å²) in [5.41, 5.74) is -1.82. The highest BCUT2D eigenvalue weighted by Gasteiger charge is 2.50. The van der Waals surface area contributed by atoms with Gasteiger partial charge in [-0.05, 0) is 19.8 Å². The predicted molar refractivity (Wildman–Crippen MR) is 53.2 cm³/mol. The predicted octanol–water partition coefficient (Wildman–Crippen LogP) is 1.24. The molecule has 0 radical (unpaired) electrons. The van der Waals surface area contributed by atoms with Crippen molar-refractivity contribution in [3.63, 3.8) is 0 Å². The molecule has 2 unspecified atom stereocenters. The molecular formula is C7H13Cl3O3. The molecule has 0 aliphatic carbocycles. The second-order valence-corrected chi connectivity index (χ2v) is 5.21. The average Bonchev–Trinajstić information content (AvgIpc) is 1.97. The van der Waals surface area contributed by atoms with Crippen LogP contribution in [0, 0.1) is 0 Å². The minimum absolute atomic E-state index is 0.0255. The summed E-state index contributed by atoms with van der Waals surface area (Å²) >= 11 is 16.5. The van der Waals surface area contributed by atoms with Crippen molar-refractivity contribution in [3.05, 3.63) is 0 Å². The van der Waals surface area contributed by atoms with E-state index < -0.39 is 15.5 Å². The van der Waals surface area contributed by atoms with Gasteiger partial charge in [0.05, 0.1) is 6.10 Å². The topological polar surface area (TPSA) is 60.7 Å². The highest BCUT2D eigenvalue weighted by Crippen LogP contribution is 2.42. The number of alkyl halides is 3. The standard InChI is InChI=1S/C7H13Cl3O3/c1-5(12)6(13,3-2-4-11)7(8,9)10/h5,11-13H,2-4H2,1H3. The van der Waals surface area contributed by atoms with Gasteiger partial charge in [0.15, 0.2) is 0 Å². The zero-order chi connectivity index (χ0) is 10.7. The Morgan fingerprint density at radius 2 is 1.77 bits per heavy atom. The number of aliphatic hydroxyl groups excluding tert-OH is 2. The first-order valence-electron chi connectivity index (χ1n) is 3.83. The van der Waals surface area contributed by atoms with Crippen LogP contribution in [0.2, 0.25) is 0 Å². The normalized spacial score (nSPS) is 19.6. The second-order valence-electron chi connectivity index (χ2n) is 2.93. The van der Waals surface area contributed by atoms with Crippen molar-refractivity contribution in [2.45, 2.75) is 35.3 Å². The highest BCUT2D eigenvalue weighted by atomic mass is 35.6. The molecule has 6 heteroatoms. The van der Waals surface area contributed by atoms with Gasteiger partial charge in [0, 0.05) is 6.61 Å². The summed E-state index contributed by atoms with van der Waals surface area (Å²) in [6.45, 7) is 1.20. The van der Waals surface area contributed by atoms with E-state index in [1.165, 1.54) is 6.92 Å². The maximum atomic E-state index is 9.80. The minimum atomic E-state index is -1.96. The Labute approximate surface area is 92.2 Å². The Morgan fingerprint density at radius 3 is 2.00 bits per heavy atom. The zero-order valence-corrected chi connectivity index (χ0v) is 9.44. The van der Waals surface area contributed by atoms with Gasteiger partial charge < -0.3 is 15.3 Å². The van der Waals surface area contributed by atoms with Gasteiger partial charge in [-0.25, -0.2) is 0 Å². The Kier molecular flexibility index (Phi) is 5.30. The lowest BCUT2D eigenvalue weighted by Crippen LogP contribution is -2.51. The molecule has 3 nitrogen and oxygen atoms in total. The first-order valence-corrected chi connectivity index (χ1v) is 4.97. The van der Waals surface area contributed by atoms with Crippen molar-refractivity contribution in [1.82, 2.24) is 0 Å². The molecule has 0 saturated carbocycles. The number of hydrogen-bond donors (Lipinski definition) is 3. The van der Waals surface area contributed by atoms with Gasteiger partial charge in [-0.1, -0.05) is 34.8 Å². The van der Waals surface area contributed by atoms with E-state index >= 15 is 0 Å². The maximum Gasteiger partial charge on any atom is 0.221 e. The Balaban J connectivity index is 4.54. The van der Waals surface area contributed by atoms with Crippen LogP contribution in [0.25, 0.3) is 0 Å². The average molecular weight is 252 g/mol. The van der Waals surface area contributed by atoms with Crippen LogP contribution in [0.1, 0.15) is 19.8 Å². The molecule has 2 atom stereocenters. The molecular weight excluding hydrogens is 238 g/mol. The molecule has 0 spiro atoms. The van der Waals surface area contributed by atoms with E-state index in [0.717, 1.165) is 0 Å². The van der Waals surface area contributed by atoms with E-state index in [0.29, 0.717) is 0 Å². The van der Waals surface area contributed by atoms with E-state index in [1.807, 2.05) is 0 Å². The van der Waals surface area contributed by atoms with Crippen molar-refractivity contribution < 1.29 is 15.3 Å². The third-order valence-corrected chi connectivity index (χ3v) is 2.88. The van der Waals surface area contributed by atoms with Gasteiger partial charge in [-0.15, -0.1) is 0 Å². The van der Waals surface area contributed by atoms with E-state index in [-0.39, 0.29) is 19.4 Å². The van der Waals surface area contributed by atoms with Crippen molar-refractivity contribution >= 4 is 34.8 Å². The van der Waals surface area contributed by atoms with Gasteiger partial charge in [0.25, 0.3) is 0 Å². The molecule has 0 amide bonds. The minimum Gasteiger partial charge on any atom is -0.396 e. The van der Waals surface area contributed by atoms with Gasteiger partial charge in [-0.2, -0.15) is 0 Å². The molecule has 13 heavy (non-hydrogen) atoms. The summed E-state index contributed by atoms with van der Waals surface area (Å²) in [4.78, 5) is 0. The number of hydrogen-bond acceptors (Lipinski definition) is 3. The molecule has 0 bridgehead atoms. The Morgan fingerprint density at radius 1 is 1.31 bits per heavy atom. The first kappa shape index (κ1) is 13.8. The quantitative estimate of drug-likeness (QED) is 0.659. The molecule has 0 rings (SSSR count). The van der Waals surface area contributed by atoms with Gasteiger partial charge >= 0.3 is 0 Å². The third kappa shape index (κ3) is 3.42. The van der Waals surface area contributed by atoms with Gasteiger partial charge in [0.1, 0.15) is 5.60 Å². The van der Waals surface area contributed by atoms with Crippen molar-refractivity contribution in [1.29, 1.82) is 0 Å². The maximum absolute atomic E-state index is 9.80. The summed E-state index contributed by atoms with van der Waals surface area (Å²) in [7, 11) is 0. The molecule has 0 aliphatic rings. The van der Waals surface area contributed by atoms with E-state index in [9.17, 15) is 10.2 Å². The smallest absolute Gasteiger partial charge is 0.221 e. The lowest BCUT2D eigenvalue weighted by molar-refractivity contribution is -0.0715. The fourth-order valence-corrected chi connectivity index (χ4v) is 1.69. The summed E-state index contributed by atoms with van der Waals surface area (Å²) in [5, 5.41) is 27.6. The van der Waals surface area contributed by atoms with Crippen molar-refractivity contribution in [2.75, 3.05) is 6.61 Å². The number of aliphatic hydroxyl groups is 3. The van der Waals surface area contributed by atoms with Crippen LogP contribution in [-0.2, 0) is 0 Å². The summed E-state index contributed by atoms with van der Waals surface area (Å²) in [6, 6.07) is 0. The molecule has 0 aliphatic heterocycles. The fraction of sp³-hybridized carbons (Fsp3) is 1.00. The van der Waals surface area contributed by atoms with E-state index in [2.05, 4.69) is 0 Å². The highest BCUT2D eigenvalue weighted by molar-refractivity contribution is 6.68. The van der Waals surface area contributed by atoms with E-state index in [1.54, 1.807) is 0 Å². The molecule has 0 aromatic carbocycles. The van der Waals surface area contributed by atoms with Crippen LogP contribution >= 0.6 is 34.8 Å². The summed E-state index contributed by atoms with van der Waals surface area (Å²) in [6.07, 6.45) is -0.890. The zero-order valence-electron chi connectivity index (χ0n) is 7.17. The molecule has 0 aromatic heterocycles. The Bertz CT molecular complexity index is 158. The van der Waals surface area contributed by atoms with Crippen LogP contribution in [0.4, 0.5) is 0 Å². The van der Waals surface area contributed by atoms with Crippen LogP contribution in [-0.4, -0.2) is 37.4 Å². The molecule has 3 N–H and O–H groups in total. The van der Waals surface area contributed by atoms with Gasteiger partial charge in [-0.3, -0.25) is 0 Å². The van der Waals surface area contributed by atoms with E-state index in [4.69, 9.17) is 39.9 Å². The molecule has 0 fully saturated rings.